The molecule has 0 saturated heterocycles. The normalized spacial score (nSPS) is 15.8. The first-order valence-corrected chi connectivity index (χ1v) is 7.72. The van der Waals surface area contributed by atoms with Crippen LogP contribution in [0.2, 0.25) is 0 Å². The summed E-state index contributed by atoms with van der Waals surface area (Å²) in [6.07, 6.45) is 0.799. The summed E-state index contributed by atoms with van der Waals surface area (Å²) in [4.78, 5) is 1.28. The Bertz CT molecular complexity index is 435. The molecule has 2 unspecified atom stereocenters. The SMILES string of the molecule is CC(O)C(C)Sc1ccc(S(C)(=O)=O)cc1. The van der Waals surface area contributed by atoms with Crippen LogP contribution in [0.15, 0.2) is 34.1 Å². The second-order valence-electron chi connectivity index (χ2n) is 3.81. The first-order valence-electron chi connectivity index (χ1n) is 4.95. The highest BCUT2D eigenvalue weighted by molar-refractivity contribution is 8.00. The second kappa shape index (κ2) is 5.21. The van der Waals surface area contributed by atoms with Crippen LogP contribution in [0.5, 0.6) is 0 Å². The Morgan fingerprint density at radius 3 is 2.06 bits per heavy atom. The fourth-order valence-corrected chi connectivity index (χ4v) is 2.63. The fourth-order valence-electron chi connectivity index (χ4n) is 1.08. The summed E-state index contributed by atoms with van der Waals surface area (Å²) in [5.41, 5.74) is 0. The average molecular weight is 260 g/mol. The number of sulfone groups is 1. The van der Waals surface area contributed by atoms with Crippen molar-refractivity contribution in [2.75, 3.05) is 6.26 Å². The van der Waals surface area contributed by atoms with Crippen LogP contribution >= 0.6 is 11.8 Å². The molecule has 2 atom stereocenters. The average Bonchev–Trinajstić information content (AvgIpc) is 2.17. The highest BCUT2D eigenvalue weighted by Crippen LogP contribution is 2.26. The van der Waals surface area contributed by atoms with E-state index in [-0.39, 0.29) is 11.4 Å². The molecule has 1 aromatic carbocycles. The molecule has 1 aromatic rings. The van der Waals surface area contributed by atoms with Crippen LogP contribution in [0.1, 0.15) is 13.8 Å². The first kappa shape index (κ1) is 13.5. The van der Waals surface area contributed by atoms with E-state index in [1.807, 2.05) is 6.92 Å². The van der Waals surface area contributed by atoms with Crippen molar-refractivity contribution in [3.63, 3.8) is 0 Å². The third-order valence-electron chi connectivity index (χ3n) is 2.25. The van der Waals surface area contributed by atoms with E-state index in [1.54, 1.807) is 31.2 Å². The molecule has 1 rings (SSSR count). The summed E-state index contributed by atoms with van der Waals surface area (Å²) in [5.74, 6) is 0. The lowest BCUT2D eigenvalue weighted by molar-refractivity contribution is 0.196. The van der Waals surface area contributed by atoms with Crippen LogP contribution in [0.3, 0.4) is 0 Å². The second-order valence-corrected chi connectivity index (χ2v) is 7.27. The molecule has 0 bridgehead atoms. The Morgan fingerprint density at radius 1 is 1.19 bits per heavy atom. The zero-order valence-corrected chi connectivity index (χ0v) is 11.2. The van der Waals surface area contributed by atoms with Gasteiger partial charge in [-0.25, -0.2) is 8.42 Å². The van der Waals surface area contributed by atoms with E-state index in [0.717, 1.165) is 4.90 Å². The highest BCUT2D eigenvalue weighted by atomic mass is 32.2. The van der Waals surface area contributed by atoms with Crippen molar-refractivity contribution in [2.24, 2.45) is 0 Å². The molecule has 0 spiro atoms. The van der Waals surface area contributed by atoms with E-state index in [9.17, 15) is 13.5 Å². The smallest absolute Gasteiger partial charge is 0.175 e. The van der Waals surface area contributed by atoms with Crippen LogP contribution in [-0.4, -0.2) is 31.1 Å². The van der Waals surface area contributed by atoms with E-state index in [2.05, 4.69) is 0 Å². The van der Waals surface area contributed by atoms with E-state index in [0.29, 0.717) is 4.90 Å². The predicted octanol–water partition coefficient (Wildman–Crippen LogP) is 1.95. The molecule has 0 aromatic heterocycles. The molecule has 3 nitrogen and oxygen atoms in total. The lowest BCUT2D eigenvalue weighted by atomic mass is 10.3. The maximum Gasteiger partial charge on any atom is 0.175 e. The van der Waals surface area contributed by atoms with Gasteiger partial charge < -0.3 is 5.11 Å². The Hall–Kier alpha value is -0.520. The standard InChI is InChI=1S/C11H16O3S2/c1-8(12)9(2)15-10-4-6-11(7-5-10)16(3,13)14/h4-9,12H,1-3H3. The number of hydrogen-bond donors (Lipinski definition) is 1. The number of rotatable bonds is 4. The van der Waals surface area contributed by atoms with Gasteiger partial charge in [-0.1, -0.05) is 6.92 Å². The topological polar surface area (TPSA) is 54.4 Å². The summed E-state index contributed by atoms with van der Waals surface area (Å²) >= 11 is 1.53. The van der Waals surface area contributed by atoms with Crippen LogP contribution in [-0.2, 0) is 9.84 Å². The molecule has 0 fully saturated rings. The predicted molar refractivity (Wildman–Crippen MR) is 66.6 cm³/mol. The Labute approximate surface area is 101 Å². The van der Waals surface area contributed by atoms with Crippen LogP contribution in [0.4, 0.5) is 0 Å². The summed E-state index contributed by atoms with van der Waals surface area (Å²) in [5, 5.41) is 9.44. The lowest BCUT2D eigenvalue weighted by Crippen LogP contribution is -2.14. The number of thioether (sulfide) groups is 1. The molecule has 0 radical (unpaired) electrons. The van der Waals surface area contributed by atoms with Crippen LogP contribution in [0.25, 0.3) is 0 Å². The number of aliphatic hydroxyl groups excluding tert-OH is 1. The van der Waals surface area contributed by atoms with Gasteiger partial charge in [0.15, 0.2) is 9.84 Å². The summed E-state index contributed by atoms with van der Waals surface area (Å²) in [7, 11) is -3.12. The molecule has 0 aliphatic carbocycles. The van der Waals surface area contributed by atoms with Gasteiger partial charge in [-0.05, 0) is 31.2 Å². The van der Waals surface area contributed by atoms with Gasteiger partial charge in [0.1, 0.15) is 0 Å². The number of hydrogen-bond acceptors (Lipinski definition) is 4. The van der Waals surface area contributed by atoms with Gasteiger partial charge in [0.25, 0.3) is 0 Å². The molecular formula is C11H16O3S2. The zero-order chi connectivity index (χ0) is 12.3. The van der Waals surface area contributed by atoms with Gasteiger partial charge in [0, 0.05) is 16.4 Å². The molecule has 1 N–H and O–H groups in total. The molecule has 0 amide bonds. The molecule has 0 aliphatic heterocycles. The van der Waals surface area contributed by atoms with Gasteiger partial charge in [-0.15, -0.1) is 11.8 Å². The van der Waals surface area contributed by atoms with Crippen molar-refractivity contribution in [3.05, 3.63) is 24.3 Å². The molecule has 90 valence electrons. The van der Waals surface area contributed by atoms with Gasteiger partial charge in [-0.2, -0.15) is 0 Å². The van der Waals surface area contributed by atoms with E-state index >= 15 is 0 Å². The molecule has 16 heavy (non-hydrogen) atoms. The molecule has 0 saturated carbocycles. The summed E-state index contributed by atoms with van der Waals surface area (Å²) in [6, 6.07) is 6.71. The Kier molecular flexibility index (Phi) is 4.41. The minimum absolute atomic E-state index is 0.0871. The van der Waals surface area contributed by atoms with E-state index in [4.69, 9.17) is 0 Å². The van der Waals surface area contributed by atoms with Crippen LogP contribution in [0, 0.1) is 0 Å². The summed E-state index contributed by atoms with van der Waals surface area (Å²) in [6.45, 7) is 3.67. The summed E-state index contributed by atoms with van der Waals surface area (Å²) < 4.78 is 22.5. The van der Waals surface area contributed by atoms with Crippen molar-refractivity contribution in [1.29, 1.82) is 0 Å². The van der Waals surface area contributed by atoms with Crippen LogP contribution < -0.4 is 0 Å². The van der Waals surface area contributed by atoms with Gasteiger partial charge in [0.2, 0.25) is 0 Å². The number of aliphatic hydroxyl groups is 1. The van der Waals surface area contributed by atoms with Crippen molar-refractivity contribution in [2.45, 2.75) is 35.0 Å². The zero-order valence-electron chi connectivity index (χ0n) is 9.54. The maximum absolute atomic E-state index is 11.2. The molecule has 5 heteroatoms. The minimum atomic E-state index is -3.12. The monoisotopic (exact) mass is 260 g/mol. The van der Waals surface area contributed by atoms with E-state index < -0.39 is 9.84 Å². The van der Waals surface area contributed by atoms with Crippen molar-refractivity contribution in [1.82, 2.24) is 0 Å². The maximum atomic E-state index is 11.2. The molecular weight excluding hydrogens is 244 g/mol. The largest absolute Gasteiger partial charge is 0.392 e. The van der Waals surface area contributed by atoms with Gasteiger partial charge in [-0.3, -0.25) is 0 Å². The Morgan fingerprint density at radius 2 is 1.69 bits per heavy atom. The lowest BCUT2D eigenvalue weighted by Gasteiger charge is -2.13. The van der Waals surface area contributed by atoms with Crippen molar-refractivity contribution >= 4 is 21.6 Å². The van der Waals surface area contributed by atoms with Gasteiger partial charge in [0.05, 0.1) is 11.0 Å². The minimum Gasteiger partial charge on any atom is -0.392 e. The van der Waals surface area contributed by atoms with Gasteiger partial charge >= 0.3 is 0 Å². The number of benzene rings is 1. The first-order chi connectivity index (χ1) is 7.30. The Balaban J connectivity index is 2.80. The quantitative estimate of drug-likeness (QED) is 0.841. The highest BCUT2D eigenvalue weighted by Gasteiger charge is 2.11. The van der Waals surface area contributed by atoms with Crippen molar-refractivity contribution in [3.8, 4) is 0 Å². The third-order valence-corrected chi connectivity index (χ3v) is 4.69. The third kappa shape index (κ3) is 3.81. The molecule has 0 heterocycles. The van der Waals surface area contributed by atoms with E-state index in [1.165, 1.54) is 18.0 Å². The fraction of sp³-hybridized carbons (Fsp3) is 0.455. The van der Waals surface area contributed by atoms with Crippen molar-refractivity contribution < 1.29 is 13.5 Å². The molecule has 0 aliphatic rings.